The van der Waals surface area contributed by atoms with E-state index >= 15 is 0 Å². The monoisotopic (exact) mass is 515 g/mol. The van der Waals surface area contributed by atoms with Crippen molar-refractivity contribution in [1.82, 2.24) is 35.2 Å². The standard InChI is InChI=1S/C28H30FN7S/c1-37(2,3)33-15-17-10-19(12-20(29)11-17)27-21-14-25(34-23(21)6-9-31-27)28-22-13-24(18-4-7-30-8-5-18)32-16-26(22)35-36-28/h6,9-14,16,18,30,33-34H,1-2,4-5,7-8,15H2,3H3,(H,35,36). The van der Waals surface area contributed by atoms with Crippen molar-refractivity contribution in [3.05, 3.63) is 65.9 Å². The predicted molar refractivity (Wildman–Crippen MR) is 154 cm³/mol. The Balaban J connectivity index is 1.40. The zero-order valence-corrected chi connectivity index (χ0v) is 21.6. The number of halogens is 1. The summed E-state index contributed by atoms with van der Waals surface area (Å²) >= 11 is 0. The Bertz CT molecular complexity index is 1710. The fourth-order valence-electron chi connectivity index (χ4n) is 5.04. The first-order valence-electron chi connectivity index (χ1n) is 12.4. The summed E-state index contributed by atoms with van der Waals surface area (Å²) in [6.07, 6.45) is 7.76. The highest BCUT2D eigenvalue weighted by Crippen LogP contribution is 2.34. The van der Waals surface area contributed by atoms with Crippen LogP contribution in [0.3, 0.4) is 0 Å². The zero-order valence-electron chi connectivity index (χ0n) is 20.8. The van der Waals surface area contributed by atoms with Crippen LogP contribution in [0.25, 0.3) is 44.5 Å². The average Bonchev–Trinajstić information content (AvgIpc) is 3.51. The van der Waals surface area contributed by atoms with Crippen LogP contribution < -0.4 is 10.0 Å². The van der Waals surface area contributed by atoms with Crippen LogP contribution in [-0.2, 0) is 6.54 Å². The van der Waals surface area contributed by atoms with Crippen molar-refractivity contribution in [2.24, 2.45) is 0 Å². The number of pyridine rings is 2. The van der Waals surface area contributed by atoms with E-state index in [9.17, 15) is 4.39 Å². The summed E-state index contributed by atoms with van der Waals surface area (Å²) in [5.74, 6) is 8.24. The van der Waals surface area contributed by atoms with Crippen LogP contribution in [0.15, 0.2) is 48.8 Å². The molecule has 7 nitrogen and oxygen atoms in total. The van der Waals surface area contributed by atoms with Gasteiger partial charge in [0, 0.05) is 46.2 Å². The number of hydrogen-bond donors (Lipinski definition) is 4. The minimum Gasteiger partial charge on any atom is -0.353 e. The van der Waals surface area contributed by atoms with Crippen LogP contribution in [0.2, 0.25) is 0 Å². The topological polar surface area (TPSA) is 94.3 Å². The molecule has 1 saturated heterocycles. The molecule has 0 unspecified atom stereocenters. The van der Waals surface area contributed by atoms with Crippen molar-refractivity contribution >= 4 is 42.9 Å². The van der Waals surface area contributed by atoms with E-state index in [0.29, 0.717) is 12.5 Å². The third kappa shape index (κ3) is 4.90. The smallest absolute Gasteiger partial charge is 0.124 e. The number of nitrogens with zero attached hydrogens (tertiary/aromatic N) is 3. The lowest BCUT2D eigenvalue weighted by molar-refractivity contribution is 0.453. The maximum atomic E-state index is 14.6. The van der Waals surface area contributed by atoms with Crippen molar-refractivity contribution in [3.8, 4) is 22.6 Å². The molecule has 37 heavy (non-hydrogen) atoms. The summed E-state index contributed by atoms with van der Waals surface area (Å²) in [7, 11) is -1.41. The lowest BCUT2D eigenvalue weighted by Crippen LogP contribution is -2.27. The molecule has 6 rings (SSSR count). The highest BCUT2D eigenvalue weighted by Gasteiger charge is 2.20. The van der Waals surface area contributed by atoms with Gasteiger partial charge in [-0.3, -0.25) is 19.8 Å². The number of aromatic amines is 2. The predicted octanol–water partition coefficient (Wildman–Crippen LogP) is 5.08. The van der Waals surface area contributed by atoms with Gasteiger partial charge in [0.2, 0.25) is 0 Å². The highest BCUT2D eigenvalue weighted by atomic mass is 32.2. The number of rotatable bonds is 6. The summed E-state index contributed by atoms with van der Waals surface area (Å²) in [6, 6.07) is 11.2. The molecule has 0 spiro atoms. The third-order valence-electron chi connectivity index (χ3n) is 6.88. The first-order valence-corrected chi connectivity index (χ1v) is 14.7. The van der Waals surface area contributed by atoms with Crippen LogP contribution in [0, 0.1) is 5.82 Å². The quantitative estimate of drug-likeness (QED) is 0.237. The molecule has 0 atom stereocenters. The fourth-order valence-corrected chi connectivity index (χ4v) is 5.55. The van der Waals surface area contributed by atoms with Gasteiger partial charge in [-0.05, 0) is 74.1 Å². The van der Waals surface area contributed by atoms with Crippen molar-refractivity contribution in [2.75, 3.05) is 19.3 Å². The van der Waals surface area contributed by atoms with Crippen LogP contribution in [-0.4, -0.2) is 56.2 Å². The van der Waals surface area contributed by atoms with Crippen LogP contribution >= 0.6 is 9.39 Å². The Morgan fingerprint density at radius 2 is 1.84 bits per heavy atom. The molecule has 1 fully saturated rings. The van der Waals surface area contributed by atoms with E-state index in [-0.39, 0.29) is 5.82 Å². The number of piperidine rings is 1. The van der Waals surface area contributed by atoms with Crippen molar-refractivity contribution in [3.63, 3.8) is 0 Å². The number of nitrogens with one attached hydrogen (secondary N) is 4. The van der Waals surface area contributed by atoms with E-state index < -0.39 is 9.39 Å². The number of benzene rings is 1. The Morgan fingerprint density at radius 1 is 1.03 bits per heavy atom. The average molecular weight is 516 g/mol. The minimum absolute atomic E-state index is 0.301. The van der Waals surface area contributed by atoms with Crippen LogP contribution in [0.4, 0.5) is 4.39 Å². The lowest BCUT2D eigenvalue weighted by atomic mass is 9.93. The van der Waals surface area contributed by atoms with Gasteiger partial charge in [-0.2, -0.15) is 14.5 Å². The van der Waals surface area contributed by atoms with Crippen molar-refractivity contribution in [2.45, 2.75) is 25.3 Å². The number of hydrogen-bond acceptors (Lipinski definition) is 5. The Morgan fingerprint density at radius 3 is 2.65 bits per heavy atom. The molecule has 5 aromatic rings. The molecular weight excluding hydrogens is 485 g/mol. The molecule has 0 bridgehead atoms. The van der Waals surface area contributed by atoms with Gasteiger partial charge in [-0.15, -0.1) is 0 Å². The second-order valence-electron chi connectivity index (χ2n) is 10.00. The number of aromatic nitrogens is 5. The molecule has 5 heterocycles. The maximum Gasteiger partial charge on any atom is 0.124 e. The number of H-pyrrole nitrogens is 2. The van der Waals surface area contributed by atoms with Gasteiger partial charge in [-0.25, -0.2) is 4.39 Å². The normalized spacial score (nSPS) is 15.1. The molecular formula is C28H30FN7S. The van der Waals surface area contributed by atoms with Gasteiger partial charge in [0.05, 0.1) is 23.1 Å². The van der Waals surface area contributed by atoms with Gasteiger partial charge >= 0.3 is 0 Å². The van der Waals surface area contributed by atoms with Crippen molar-refractivity contribution in [1.29, 1.82) is 0 Å². The highest BCUT2D eigenvalue weighted by molar-refractivity contribution is 8.25. The molecule has 4 N–H and O–H groups in total. The first kappa shape index (κ1) is 23.8. The van der Waals surface area contributed by atoms with E-state index in [2.05, 4.69) is 48.0 Å². The van der Waals surface area contributed by atoms with Gasteiger partial charge in [0.1, 0.15) is 11.5 Å². The largest absolute Gasteiger partial charge is 0.353 e. The molecule has 9 heteroatoms. The van der Waals surface area contributed by atoms with Gasteiger partial charge in [0.15, 0.2) is 0 Å². The SMILES string of the molecule is C=S(=C)(C)NCc1cc(F)cc(-c2nccc3[nH]c(-c4n[nH]c5cnc(C6CCNCC6)cc45)cc23)c1. The molecule has 4 aromatic heterocycles. The molecule has 0 saturated carbocycles. The van der Waals surface area contributed by atoms with E-state index in [4.69, 9.17) is 4.98 Å². The summed E-state index contributed by atoms with van der Waals surface area (Å²) in [5, 5.41) is 13.1. The fraction of sp³-hybridized carbons (Fsp3) is 0.250. The Hall–Kier alpha value is -3.53. The summed E-state index contributed by atoms with van der Waals surface area (Å²) < 4.78 is 17.9. The van der Waals surface area contributed by atoms with Gasteiger partial charge in [-0.1, -0.05) is 11.7 Å². The lowest BCUT2D eigenvalue weighted by Gasteiger charge is -2.22. The van der Waals surface area contributed by atoms with Crippen LogP contribution in [0.1, 0.15) is 30.0 Å². The third-order valence-corrected chi connectivity index (χ3v) is 7.73. The molecule has 1 aliphatic rings. The Kier molecular flexibility index (Phi) is 6.06. The van der Waals surface area contributed by atoms with Gasteiger partial charge < -0.3 is 10.3 Å². The summed E-state index contributed by atoms with van der Waals surface area (Å²) in [5.41, 5.74) is 6.92. The van der Waals surface area contributed by atoms with Gasteiger partial charge in [0.25, 0.3) is 0 Å². The summed E-state index contributed by atoms with van der Waals surface area (Å²) in [4.78, 5) is 12.8. The van der Waals surface area contributed by atoms with Crippen molar-refractivity contribution < 1.29 is 4.39 Å². The molecule has 190 valence electrons. The second kappa shape index (κ2) is 9.41. The molecule has 0 radical (unpaired) electrons. The summed E-state index contributed by atoms with van der Waals surface area (Å²) in [6.45, 7) is 2.53. The zero-order chi connectivity index (χ0) is 25.6. The van der Waals surface area contributed by atoms with E-state index in [1.807, 2.05) is 30.7 Å². The van der Waals surface area contributed by atoms with Crippen LogP contribution in [0.5, 0.6) is 0 Å². The molecule has 1 aliphatic heterocycles. The second-order valence-corrected chi connectivity index (χ2v) is 12.8. The minimum atomic E-state index is -1.41. The Labute approximate surface area is 215 Å². The molecule has 0 amide bonds. The molecule has 0 aliphatic carbocycles. The maximum absolute atomic E-state index is 14.6. The molecule has 1 aromatic carbocycles. The number of fused-ring (bicyclic) bond motifs is 2. The first-order chi connectivity index (χ1) is 17.8. The van der Waals surface area contributed by atoms with E-state index in [1.165, 1.54) is 12.1 Å². The van der Waals surface area contributed by atoms with E-state index in [0.717, 1.165) is 81.6 Å². The van der Waals surface area contributed by atoms with E-state index in [1.54, 1.807) is 6.20 Å².